The molecule has 0 spiro atoms. The Morgan fingerprint density at radius 3 is 2.77 bits per heavy atom. The molecule has 0 radical (unpaired) electrons. The number of nitrogens with one attached hydrogen (secondary N) is 1. The van der Waals surface area contributed by atoms with Crippen LogP contribution in [-0.2, 0) is 4.79 Å². The molecule has 13 heavy (non-hydrogen) atoms. The van der Waals surface area contributed by atoms with Crippen LogP contribution < -0.4 is 5.32 Å². The maximum absolute atomic E-state index is 11.4. The van der Waals surface area contributed by atoms with Gasteiger partial charge in [0.25, 0.3) is 0 Å². The Hall–Kier alpha value is -1.08. The van der Waals surface area contributed by atoms with Gasteiger partial charge in [0.15, 0.2) is 0 Å². The smallest absolute Gasteiger partial charge is 0.239 e. The fraction of sp³-hybridized carbons (Fsp3) is 0.778. The fourth-order valence-electron chi connectivity index (χ4n) is 0.918. The van der Waals surface area contributed by atoms with Gasteiger partial charge < -0.3 is 10.2 Å². The second kappa shape index (κ2) is 6.44. The lowest BCUT2D eigenvalue weighted by molar-refractivity contribution is -0.131. The summed E-state index contributed by atoms with van der Waals surface area (Å²) in [6.07, 6.45) is 0.438. The van der Waals surface area contributed by atoms with Gasteiger partial charge in [-0.1, -0.05) is 0 Å². The van der Waals surface area contributed by atoms with Gasteiger partial charge in [-0.2, -0.15) is 5.26 Å². The molecule has 4 heteroatoms. The van der Waals surface area contributed by atoms with E-state index in [1.54, 1.807) is 11.9 Å². The summed E-state index contributed by atoms with van der Waals surface area (Å²) in [6.45, 7) is 5.02. The Labute approximate surface area is 79.5 Å². The van der Waals surface area contributed by atoms with Gasteiger partial charge in [-0.25, -0.2) is 0 Å². The maximum atomic E-state index is 11.4. The topological polar surface area (TPSA) is 56.1 Å². The molecule has 1 unspecified atom stereocenters. The fourth-order valence-corrected chi connectivity index (χ4v) is 0.918. The number of carbonyl (C=O) groups is 1. The number of hydrogen-bond donors (Lipinski definition) is 1. The summed E-state index contributed by atoms with van der Waals surface area (Å²) in [5.41, 5.74) is 0. The molecule has 0 aliphatic heterocycles. The molecule has 74 valence electrons. The van der Waals surface area contributed by atoms with Gasteiger partial charge in [-0.05, 0) is 13.8 Å². The quantitative estimate of drug-likeness (QED) is 0.626. The van der Waals surface area contributed by atoms with E-state index in [-0.39, 0.29) is 11.9 Å². The van der Waals surface area contributed by atoms with E-state index in [0.717, 1.165) is 0 Å². The van der Waals surface area contributed by atoms with E-state index < -0.39 is 0 Å². The zero-order valence-electron chi connectivity index (χ0n) is 8.50. The third kappa shape index (κ3) is 4.48. The van der Waals surface area contributed by atoms with Gasteiger partial charge in [-0.3, -0.25) is 4.79 Å². The van der Waals surface area contributed by atoms with Crippen molar-refractivity contribution in [3.63, 3.8) is 0 Å². The average molecular weight is 183 g/mol. The highest BCUT2D eigenvalue weighted by atomic mass is 16.2. The zero-order valence-corrected chi connectivity index (χ0v) is 8.50. The van der Waals surface area contributed by atoms with Gasteiger partial charge >= 0.3 is 0 Å². The van der Waals surface area contributed by atoms with Crippen LogP contribution in [0.5, 0.6) is 0 Å². The lowest BCUT2D eigenvalue weighted by Crippen LogP contribution is -2.43. The van der Waals surface area contributed by atoms with Gasteiger partial charge in [-0.15, -0.1) is 0 Å². The van der Waals surface area contributed by atoms with Crippen molar-refractivity contribution in [1.29, 1.82) is 5.26 Å². The molecule has 1 atom stereocenters. The van der Waals surface area contributed by atoms with Gasteiger partial charge in [0, 0.05) is 26.6 Å². The Bertz CT molecular complexity index is 198. The molecule has 1 N–H and O–H groups in total. The van der Waals surface area contributed by atoms with Crippen LogP contribution in [-0.4, -0.2) is 37.0 Å². The van der Waals surface area contributed by atoms with E-state index in [2.05, 4.69) is 5.32 Å². The van der Waals surface area contributed by atoms with E-state index in [9.17, 15) is 4.79 Å². The first-order chi connectivity index (χ1) is 6.13. The van der Waals surface area contributed by atoms with E-state index in [1.807, 2.05) is 19.9 Å². The number of hydrogen-bond acceptors (Lipinski definition) is 3. The monoisotopic (exact) mass is 183 g/mol. The van der Waals surface area contributed by atoms with Crippen molar-refractivity contribution < 1.29 is 4.79 Å². The van der Waals surface area contributed by atoms with E-state index >= 15 is 0 Å². The van der Waals surface area contributed by atoms with E-state index in [0.29, 0.717) is 19.5 Å². The van der Waals surface area contributed by atoms with Gasteiger partial charge in [0.1, 0.15) is 0 Å². The molecule has 0 aromatic heterocycles. The number of nitriles is 1. The first-order valence-electron chi connectivity index (χ1n) is 4.48. The highest BCUT2D eigenvalue weighted by Gasteiger charge is 2.14. The SMILES string of the molecule is CCN(C)C(=O)C(C)NCCC#N. The minimum Gasteiger partial charge on any atom is -0.345 e. The summed E-state index contributed by atoms with van der Waals surface area (Å²) >= 11 is 0. The Morgan fingerprint density at radius 1 is 1.69 bits per heavy atom. The highest BCUT2D eigenvalue weighted by molar-refractivity contribution is 5.81. The standard InChI is InChI=1S/C9H17N3O/c1-4-12(3)9(13)8(2)11-7-5-6-10/h8,11H,4-5,7H2,1-3H3. The van der Waals surface area contributed by atoms with Crippen LogP contribution in [0, 0.1) is 11.3 Å². The molecule has 0 aliphatic rings. The van der Waals surface area contributed by atoms with Crippen molar-refractivity contribution in [2.45, 2.75) is 26.3 Å². The molecular formula is C9H17N3O. The van der Waals surface area contributed by atoms with Crippen LogP contribution in [0.4, 0.5) is 0 Å². The van der Waals surface area contributed by atoms with Crippen LogP contribution in [0.3, 0.4) is 0 Å². The molecule has 0 saturated carbocycles. The number of amides is 1. The van der Waals surface area contributed by atoms with Crippen molar-refractivity contribution in [3.8, 4) is 6.07 Å². The predicted molar refractivity (Wildman–Crippen MR) is 51.0 cm³/mol. The Morgan fingerprint density at radius 2 is 2.31 bits per heavy atom. The predicted octanol–water partition coefficient (Wildman–Crippen LogP) is 0.356. The number of nitrogens with zero attached hydrogens (tertiary/aromatic N) is 2. The molecule has 0 saturated heterocycles. The lowest BCUT2D eigenvalue weighted by atomic mass is 10.3. The van der Waals surface area contributed by atoms with Crippen LogP contribution in [0.1, 0.15) is 20.3 Å². The molecule has 1 amide bonds. The molecular weight excluding hydrogens is 166 g/mol. The summed E-state index contributed by atoms with van der Waals surface area (Å²) in [5.74, 6) is 0.0699. The average Bonchev–Trinajstić information content (AvgIpc) is 2.15. The number of likely N-dealkylation sites (N-methyl/N-ethyl adjacent to an activating group) is 1. The molecule has 0 heterocycles. The van der Waals surface area contributed by atoms with Crippen LogP contribution in [0.2, 0.25) is 0 Å². The second-order valence-corrected chi connectivity index (χ2v) is 2.94. The summed E-state index contributed by atoms with van der Waals surface area (Å²) in [5, 5.41) is 11.3. The zero-order chi connectivity index (χ0) is 10.3. The summed E-state index contributed by atoms with van der Waals surface area (Å²) in [6, 6.07) is 1.82. The second-order valence-electron chi connectivity index (χ2n) is 2.94. The van der Waals surface area contributed by atoms with Crippen molar-refractivity contribution in [3.05, 3.63) is 0 Å². The van der Waals surface area contributed by atoms with Crippen molar-refractivity contribution >= 4 is 5.91 Å². The molecule has 0 aromatic rings. The van der Waals surface area contributed by atoms with Gasteiger partial charge in [0.05, 0.1) is 12.1 Å². The summed E-state index contributed by atoms with van der Waals surface area (Å²) < 4.78 is 0. The van der Waals surface area contributed by atoms with Crippen molar-refractivity contribution in [1.82, 2.24) is 10.2 Å². The van der Waals surface area contributed by atoms with Crippen LogP contribution >= 0.6 is 0 Å². The first-order valence-corrected chi connectivity index (χ1v) is 4.48. The Balaban J connectivity index is 3.77. The maximum Gasteiger partial charge on any atom is 0.239 e. The van der Waals surface area contributed by atoms with Gasteiger partial charge in [0.2, 0.25) is 5.91 Å². The normalized spacial score (nSPS) is 11.8. The van der Waals surface area contributed by atoms with Crippen LogP contribution in [0.15, 0.2) is 0 Å². The molecule has 0 aromatic carbocycles. The summed E-state index contributed by atoms with van der Waals surface area (Å²) in [4.78, 5) is 13.1. The lowest BCUT2D eigenvalue weighted by Gasteiger charge is -2.20. The molecule has 0 bridgehead atoms. The van der Waals surface area contributed by atoms with E-state index in [4.69, 9.17) is 5.26 Å². The largest absolute Gasteiger partial charge is 0.345 e. The number of rotatable bonds is 5. The highest BCUT2D eigenvalue weighted by Crippen LogP contribution is 1.91. The summed E-state index contributed by atoms with van der Waals surface area (Å²) in [7, 11) is 1.77. The Kier molecular flexibility index (Phi) is 5.90. The third-order valence-electron chi connectivity index (χ3n) is 1.91. The molecule has 0 fully saturated rings. The molecule has 0 aliphatic carbocycles. The molecule has 4 nitrogen and oxygen atoms in total. The molecule has 0 rings (SSSR count). The minimum atomic E-state index is -0.196. The van der Waals surface area contributed by atoms with E-state index in [1.165, 1.54) is 0 Å². The third-order valence-corrected chi connectivity index (χ3v) is 1.91. The van der Waals surface area contributed by atoms with Crippen LogP contribution in [0.25, 0.3) is 0 Å². The van der Waals surface area contributed by atoms with Crippen molar-refractivity contribution in [2.24, 2.45) is 0 Å². The first kappa shape index (κ1) is 11.9. The van der Waals surface area contributed by atoms with Crippen molar-refractivity contribution in [2.75, 3.05) is 20.1 Å². The minimum absolute atomic E-state index is 0.0699. The number of carbonyl (C=O) groups excluding carboxylic acids is 1.